The van der Waals surface area contributed by atoms with Crippen LogP contribution >= 0.6 is 0 Å². The molecule has 2 aliphatic heterocycles. The second-order valence-electron chi connectivity index (χ2n) is 16.2. The lowest BCUT2D eigenvalue weighted by atomic mass is 10.1. The summed E-state index contributed by atoms with van der Waals surface area (Å²) >= 11 is 0. The Labute approximate surface area is 339 Å². The zero-order valence-electron chi connectivity index (χ0n) is 33.2. The van der Waals surface area contributed by atoms with E-state index in [2.05, 4.69) is 27.3 Å². The number of fused-ring (bicyclic) bond motifs is 1. The lowest BCUT2D eigenvalue weighted by Crippen LogP contribution is -2.59. The highest BCUT2D eigenvalue weighted by Gasteiger charge is 2.62. The first-order valence-corrected chi connectivity index (χ1v) is 20.6. The molecule has 0 bridgehead atoms. The van der Waals surface area contributed by atoms with Gasteiger partial charge < -0.3 is 34.7 Å². The molecule has 4 aliphatic rings. The molecule has 1 aromatic heterocycles. The molecule has 59 heavy (non-hydrogen) atoms. The van der Waals surface area contributed by atoms with Gasteiger partial charge in [0.2, 0.25) is 21.8 Å². The van der Waals surface area contributed by atoms with Crippen LogP contribution in [0.1, 0.15) is 91.2 Å². The fraction of sp³-hybridized carbons (Fsp3) is 0.513. The van der Waals surface area contributed by atoms with Crippen molar-refractivity contribution in [3.63, 3.8) is 0 Å². The molecular formula is C39H47FN6O12S. The number of likely N-dealkylation sites (tertiary alicyclic amines) is 1. The van der Waals surface area contributed by atoms with Crippen LogP contribution in [0.5, 0.6) is 0 Å². The number of rotatable bonds is 13. The summed E-state index contributed by atoms with van der Waals surface area (Å²) in [4.78, 5) is 96.2. The third-order valence-electron chi connectivity index (χ3n) is 10.5. The quantitative estimate of drug-likeness (QED) is 0.168. The standard InChI is InChI=1S/C39H47FN6O12S/c1-7-23-15-39(23,35(51)44-59(54,55)25-11-12-25)43-33(49)30-13-24(57-37(53)45-17-22-9-8-10-28(40)27(22)19-45)18-46(30)34(50)29(42-36(52)58-38(4,5)6)16-41-32(48)26-14-31(20(2)47)56-21(26)3/h7-10,14,23-25,29-30H,1,11-13,15-19H2,2-6H3,(H,41,48)(H,42,52)(H,43,49)(H,44,51). The number of aryl methyl sites for hydroxylation is 1. The van der Waals surface area contributed by atoms with Gasteiger partial charge in [0.1, 0.15) is 40.9 Å². The van der Waals surface area contributed by atoms with Crippen LogP contribution in [0, 0.1) is 18.7 Å². The summed E-state index contributed by atoms with van der Waals surface area (Å²) in [5, 5.41) is 6.88. The summed E-state index contributed by atoms with van der Waals surface area (Å²) in [6, 6.07) is 2.63. The lowest BCUT2D eigenvalue weighted by Gasteiger charge is -2.30. The summed E-state index contributed by atoms with van der Waals surface area (Å²) in [5.74, 6) is -5.12. The van der Waals surface area contributed by atoms with Gasteiger partial charge in [-0.25, -0.2) is 22.4 Å². The molecule has 318 valence electrons. The minimum atomic E-state index is -4.01. The maximum Gasteiger partial charge on any atom is 0.410 e. The number of ether oxygens (including phenoxy) is 2. The zero-order chi connectivity index (χ0) is 43.2. The van der Waals surface area contributed by atoms with Crippen LogP contribution < -0.4 is 20.7 Å². The Morgan fingerprint density at radius 3 is 2.42 bits per heavy atom. The van der Waals surface area contributed by atoms with Gasteiger partial charge in [-0.2, -0.15) is 0 Å². The van der Waals surface area contributed by atoms with Gasteiger partial charge in [-0.3, -0.25) is 33.6 Å². The van der Waals surface area contributed by atoms with Gasteiger partial charge in [-0.1, -0.05) is 18.2 Å². The van der Waals surface area contributed by atoms with Crippen molar-refractivity contribution in [1.82, 2.24) is 30.5 Å². The molecule has 3 fully saturated rings. The average molecular weight is 843 g/mol. The Morgan fingerprint density at radius 2 is 1.83 bits per heavy atom. The molecule has 1 aromatic carbocycles. The fourth-order valence-corrected chi connectivity index (χ4v) is 8.51. The molecule has 5 unspecified atom stereocenters. The van der Waals surface area contributed by atoms with Crippen LogP contribution in [0.4, 0.5) is 14.0 Å². The van der Waals surface area contributed by atoms with Gasteiger partial charge in [-0.05, 0) is 58.6 Å². The van der Waals surface area contributed by atoms with Crippen LogP contribution in [0.2, 0.25) is 0 Å². The molecule has 2 aromatic rings. The number of furan rings is 1. The Balaban J connectivity index is 1.26. The molecule has 6 rings (SSSR count). The van der Waals surface area contributed by atoms with E-state index in [1.165, 1.54) is 43.0 Å². The van der Waals surface area contributed by atoms with Crippen molar-refractivity contribution in [2.45, 2.75) is 108 Å². The predicted octanol–water partition coefficient (Wildman–Crippen LogP) is 2.34. The second kappa shape index (κ2) is 16.1. The molecule has 5 atom stereocenters. The van der Waals surface area contributed by atoms with E-state index in [-0.39, 0.29) is 43.0 Å². The van der Waals surface area contributed by atoms with Crippen molar-refractivity contribution in [3.05, 3.63) is 70.9 Å². The number of hydrogen-bond donors (Lipinski definition) is 4. The van der Waals surface area contributed by atoms with Crippen molar-refractivity contribution < 1.29 is 60.3 Å². The Bertz CT molecular complexity index is 2220. The van der Waals surface area contributed by atoms with E-state index < -0.39 is 111 Å². The first-order chi connectivity index (χ1) is 27.6. The molecule has 0 radical (unpaired) electrons. The van der Waals surface area contributed by atoms with Crippen LogP contribution in [0.3, 0.4) is 0 Å². The highest BCUT2D eigenvalue weighted by molar-refractivity contribution is 7.91. The fourth-order valence-electron chi connectivity index (χ4n) is 7.14. The first kappa shape index (κ1) is 42.8. The molecule has 20 heteroatoms. The molecule has 2 saturated carbocycles. The van der Waals surface area contributed by atoms with E-state index >= 15 is 0 Å². The van der Waals surface area contributed by atoms with Crippen LogP contribution in [0.25, 0.3) is 0 Å². The number of amides is 6. The van der Waals surface area contributed by atoms with Crippen LogP contribution in [0.15, 0.2) is 41.3 Å². The average Bonchev–Trinajstić information content (AvgIpc) is 3.98. The van der Waals surface area contributed by atoms with Crippen molar-refractivity contribution in [2.75, 3.05) is 13.1 Å². The third-order valence-corrected chi connectivity index (χ3v) is 12.3. The van der Waals surface area contributed by atoms with Crippen LogP contribution in [-0.2, 0) is 47.0 Å². The number of carbonyl (C=O) groups excluding carboxylic acids is 7. The van der Waals surface area contributed by atoms with E-state index in [1.807, 2.05) is 0 Å². The number of nitrogens with one attached hydrogen (secondary N) is 4. The molecular weight excluding hydrogens is 796 g/mol. The summed E-state index contributed by atoms with van der Waals surface area (Å²) in [5.41, 5.74) is -1.85. The smallest absolute Gasteiger partial charge is 0.410 e. The predicted molar refractivity (Wildman–Crippen MR) is 204 cm³/mol. The largest absolute Gasteiger partial charge is 0.457 e. The molecule has 18 nitrogen and oxygen atoms in total. The number of benzene rings is 1. The van der Waals surface area contributed by atoms with Crippen molar-refractivity contribution in [3.8, 4) is 0 Å². The number of ketones is 1. The van der Waals surface area contributed by atoms with Gasteiger partial charge in [0, 0.05) is 44.0 Å². The normalized spacial score (nSPS) is 22.7. The molecule has 1 saturated heterocycles. The summed E-state index contributed by atoms with van der Waals surface area (Å²) in [6.07, 6.45) is -1.18. The molecule has 6 amide bonds. The molecule has 4 N–H and O–H groups in total. The number of alkyl carbamates (subject to hydrolysis) is 1. The zero-order valence-corrected chi connectivity index (χ0v) is 34.0. The maximum atomic E-state index is 14.5. The van der Waals surface area contributed by atoms with Crippen molar-refractivity contribution in [1.29, 1.82) is 0 Å². The number of hydrogen-bond acceptors (Lipinski definition) is 12. The number of sulfonamides is 1. The Hall–Kier alpha value is -5.79. The molecule has 2 aliphatic carbocycles. The highest BCUT2D eigenvalue weighted by atomic mass is 32.2. The maximum absolute atomic E-state index is 14.5. The van der Waals surface area contributed by atoms with Gasteiger partial charge in [0.25, 0.3) is 11.8 Å². The van der Waals surface area contributed by atoms with Crippen molar-refractivity contribution in [2.24, 2.45) is 5.92 Å². The van der Waals surface area contributed by atoms with Gasteiger partial charge in [0.05, 0.1) is 23.9 Å². The summed E-state index contributed by atoms with van der Waals surface area (Å²) in [7, 11) is -4.01. The minimum absolute atomic E-state index is 0.00699. The van der Waals surface area contributed by atoms with Crippen LogP contribution in [-0.4, -0.2) is 107 Å². The SMILES string of the molecule is C=CC1CC1(NC(=O)C1CC(OC(=O)N2Cc3cccc(F)c3C2)CN1C(=O)C(CNC(=O)c1cc(C(C)=O)oc1C)NC(=O)OC(C)(C)C)C(=O)NS(=O)(=O)C1CC1. The van der Waals surface area contributed by atoms with E-state index in [4.69, 9.17) is 13.9 Å². The minimum Gasteiger partial charge on any atom is -0.457 e. The molecule has 0 spiro atoms. The topological polar surface area (TPSA) is 240 Å². The van der Waals surface area contributed by atoms with Crippen molar-refractivity contribution >= 4 is 51.6 Å². The summed E-state index contributed by atoms with van der Waals surface area (Å²) in [6.45, 7) is 10.2. The lowest BCUT2D eigenvalue weighted by molar-refractivity contribution is -0.141. The van der Waals surface area contributed by atoms with Gasteiger partial charge >= 0.3 is 12.2 Å². The van der Waals surface area contributed by atoms with E-state index in [1.54, 1.807) is 26.8 Å². The Kier molecular flexibility index (Phi) is 11.7. The van der Waals surface area contributed by atoms with E-state index in [0.29, 0.717) is 24.0 Å². The number of halogens is 1. The van der Waals surface area contributed by atoms with Gasteiger partial charge in [-0.15, -0.1) is 6.58 Å². The van der Waals surface area contributed by atoms with Gasteiger partial charge in [0.15, 0.2) is 11.5 Å². The number of carbonyl (C=O) groups is 7. The van der Waals surface area contributed by atoms with E-state index in [0.717, 1.165) is 4.90 Å². The first-order valence-electron chi connectivity index (χ1n) is 19.0. The van der Waals surface area contributed by atoms with E-state index in [9.17, 15) is 46.4 Å². The second-order valence-corrected chi connectivity index (χ2v) is 18.2. The number of Topliss-reactive ketones (excluding diaryl/α,β-unsaturated/α-hetero) is 1. The number of nitrogens with zero attached hydrogens (tertiary/aromatic N) is 2. The third kappa shape index (κ3) is 9.42. The highest BCUT2D eigenvalue weighted by Crippen LogP contribution is 2.45. The Morgan fingerprint density at radius 1 is 1.12 bits per heavy atom. The molecule has 3 heterocycles. The summed E-state index contributed by atoms with van der Waals surface area (Å²) < 4.78 is 58.5. The monoisotopic (exact) mass is 842 g/mol.